The Morgan fingerprint density at radius 3 is 1.36 bits per heavy atom. The number of hydrogen-bond donors (Lipinski definition) is 2. The van der Waals surface area contributed by atoms with Gasteiger partial charge in [-0.15, -0.1) is 0 Å². The normalized spacial score (nSPS) is 11.9. The first-order valence-corrected chi connectivity index (χ1v) is 9.09. The maximum absolute atomic E-state index is 10.4. The Balaban J connectivity index is 0. The van der Waals surface area contributed by atoms with E-state index in [4.69, 9.17) is 10.2 Å². The monoisotopic (exact) mass is 407 g/mol. The van der Waals surface area contributed by atoms with E-state index >= 15 is 0 Å². The van der Waals surface area contributed by atoms with Crippen LogP contribution in [-0.4, -0.2) is 22.3 Å². The zero-order valence-corrected chi connectivity index (χ0v) is 15.8. The second-order valence-corrected chi connectivity index (χ2v) is 6.24. The summed E-state index contributed by atoms with van der Waals surface area (Å²) in [4.78, 5) is 10.4. The number of carboxylic acid groups (broad SMARTS) is 1. The summed E-state index contributed by atoms with van der Waals surface area (Å²) in [5.74, 6) is -1.09. The Morgan fingerprint density at radius 1 is 0.727 bits per heavy atom. The van der Waals surface area contributed by atoms with Gasteiger partial charge in [0.1, 0.15) is 0 Å². The summed E-state index contributed by atoms with van der Waals surface area (Å²) in [5.41, 5.74) is 0. The average molecular weight is 408 g/mol. The summed E-state index contributed by atoms with van der Waals surface area (Å²) < 4.78 is 0. The number of aliphatic carboxylic acids is 1. The Hall–Kier alpha value is 0.170. The summed E-state index contributed by atoms with van der Waals surface area (Å²) in [6.07, 6.45) is 17.3. The molecule has 1 unspecified atom stereocenters. The molecule has 0 aromatic carbocycles. The predicted octanol–water partition coefficient (Wildman–Crippen LogP) is 5.30. The van der Waals surface area contributed by atoms with Crippen LogP contribution in [0, 0.1) is 0 Å². The number of aliphatic hydroxyl groups excluding tert-OH is 1. The third kappa shape index (κ3) is 18.2. The van der Waals surface area contributed by atoms with Crippen LogP contribution in [0.25, 0.3) is 0 Å². The molecule has 0 rings (SSSR count). The number of carbonyl (C=O) groups is 1. The van der Waals surface area contributed by atoms with Crippen LogP contribution in [0.2, 0.25) is 0 Å². The zero-order chi connectivity index (χ0) is 15.8. The molecule has 1 radical (unpaired) electrons. The molecule has 0 saturated carbocycles. The fourth-order valence-electron chi connectivity index (χ4n) is 2.66. The van der Waals surface area contributed by atoms with Crippen LogP contribution in [0.5, 0.6) is 0 Å². The average Bonchev–Trinajstić information content (AvgIpc) is 2.47. The van der Waals surface area contributed by atoms with Crippen molar-refractivity contribution in [3.05, 3.63) is 0 Å². The van der Waals surface area contributed by atoms with E-state index in [1.807, 2.05) is 0 Å². The third-order valence-corrected chi connectivity index (χ3v) is 4.12. The molecule has 0 amide bonds. The van der Waals surface area contributed by atoms with Gasteiger partial charge in [0.15, 0.2) is 6.10 Å². The topological polar surface area (TPSA) is 57.5 Å². The van der Waals surface area contributed by atoms with Crippen LogP contribution in [0.15, 0.2) is 0 Å². The van der Waals surface area contributed by atoms with E-state index in [9.17, 15) is 4.79 Å². The SMILES string of the molecule is CCCCCCCCCCCCCCCCC(O)C(=O)O.[Ag]. The number of rotatable bonds is 16. The van der Waals surface area contributed by atoms with Gasteiger partial charge in [-0.1, -0.05) is 96.8 Å². The molecule has 0 aliphatic carbocycles. The van der Waals surface area contributed by atoms with E-state index in [-0.39, 0.29) is 22.4 Å². The Kier molecular flexibility index (Phi) is 21.3. The predicted molar refractivity (Wildman–Crippen MR) is 88.6 cm³/mol. The first-order chi connectivity index (χ1) is 10.2. The molecule has 4 heteroatoms. The van der Waals surface area contributed by atoms with Crippen LogP contribution < -0.4 is 0 Å². The summed E-state index contributed by atoms with van der Waals surface area (Å²) in [7, 11) is 0. The van der Waals surface area contributed by atoms with Crippen molar-refractivity contribution in [2.75, 3.05) is 0 Å². The molecule has 0 saturated heterocycles. The Labute approximate surface area is 152 Å². The zero-order valence-electron chi connectivity index (χ0n) is 14.3. The molecule has 0 aliphatic heterocycles. The first-order valence-electron chi connectivity index (χ1n) is 9.09. The van der Waals surface area contributed by atoms with Crippen molar-refractivity contribution in [3.8, 4) is 0 Å². The molecule has 0 fully saturated rings. The second-order valence-electron chi connectivity index (χ2n) is 6.24. The fourth-order valence-corrected chi connectivity index (χ4v) is 2.66. The molecule has 0 aliphatic rings. The molecule has 0 aromatic heterocycles. The van der Waals surface area contributed by atoms with Gasteiger partial charge in [0.05, 0.1) is 0 Å². The molecule has 0 spiro atoms. The van der Waals surface area contributed by atoms with Gasteiger partial charge in [-0.2, -0.15) is 0 Å². The Morgan fingerprint density at radius 2 is 1.05 bits per heavy atom. The van der Waals surface area contributed by atoms with Crippen molar-refractivity contribution in [1.29, 1.82) is 0 Å². The summed E-state index contributed by atoms with van der Waals surface area (Å²) in [6.45, 7) is 2.26. The standard InChI is InChI=1S/C18H36O3.Ag/c1-2-3-4-5-6-7-8-9-10-11-12-13-14-15-16-17(19)18(20)21;/h17,19H,2-16H2,1H3,(H,20,21);. The van der Waals surface area contributed by atoms with Gasteiger partial charge in [-0.3, -0.25) is 0 Å². The van der Waals surface area contributed by atoms with Gasteiger partial charge >= 0.3 is 5.97 Å². The van der Waals surface area contributed by atoms with Gasteiger partial charge in [-0.05, 0) is 6.42 Å². The maximum Gasteiger partial charge on any atom is 0.332 e. The molecule has 1 atom stereocenters. The van der Waals surface area contributed by atoms with Gasteiger partial charge in [-0.25, -0.2) is 4.79 Å². The minimum absolute atomic E-state index is 0. The summed E-state index contributed by atoms with van der Waals surface area (Å²) in [5, 5.41) is 17.7. The third-order valence-electron chi connectivity index (χ3n) is 4.12. The first kappa shape index (κ1) is 24.4. The molecular weight excluding hydrogens is 372 g/mol. The largest absolute Gasteiger partial charge is 0.479 e. The minimum Gasteiger partial charge on any atom is -0.479 e. The van der Waals surface area contributed by atoms with Crippen LogP contribution >= 0.6 is 0 Å². The number of unbranched alkanes of at least 4 members (excludes halogenated alkanes) is 13. The van der Waals surface area contributed by atoms with Crippen molar-refractivity contribution in [2.45, 2.75) is 109 Å². The van der Waals surface area contributed by atoms with Crippen LogP contribution in [0.1, 0.15) is 103 Å². The van der Waals surface area contributed by atoms with E-state index in [1.165, 1.54) is 77.0 Å². The number of carboxylic acids is 1. The molecule has 137 valence electrons. The minimum atomic E-state index is -1.16. The van der Waals surface area contributed by atoms with Crippen LogP contribution in [0.3, 0.4) is 0 Å². The molecule has 0 aromatic rings. The van der Waals surface area contributed by atoms with Gasteiger partial charge in [0.2, 0.25) is 0 Å². The molecule has 0 bridgehead atoms. The van der Waals surface area contributed by atoms with Gasteiger partial charge < -0.3 is 10.2 Å². The van der Waals surface area contributed by atoms with Crippen molar-refractivity contribution in [1.82, 2.24) is 0 Å². The van der Waals surface area contributed by atoms with E-state index in [2.05, 4.69) is 6.92 Å². The Bertz CT molecular complexity index is 234. The summed E-state index contributed by atoms with van der Waals surface area (Å²) >= 11 is 0. The van der Waals surface area contributed by atoms with Crippen LogP contribution in [0.4, 0.5) is 0 Å². The van der Waals surface area contributed by atoms with Gasteiger partial charge in [0.25, 0.3) is 0 Å². The second kappa shape index (κ2) is 19.2. The van der Waals surface area contributed by atoms with E-state index in [0.29, 0.717) is 6.42 Å². The van der Waals surface area contributed by atoms with Crippen molar-refractivity contribution in [3.63, 3.8) is 0 Å². The van der Waals surface area contributed by atoms with Crippen molar-refractivity contribution in [2.24, 2.45) is 0 Å². The van der Waals surface area contributed by atoms with Crippen molar-refractivity contribution < 1.29 is 37.4 Å². The molecule has 2 N–H and O–H groups in total. The quantitative estimate of drug-likeness (QED) is 0.269. The summed E-state index contributed by atoms with van der Waals surface area (Å²) in [6, 6.07) is 0. The smallest absolute Gasteiger partial charge is 0.332 e. The molecular formula is C18H36AgO3. The number of aliphatic hydroxyl groups is 1. The maximum atomic E-state index is 10.4. The van der Waals surface area contributed by atoms with Gasteiger partial charge in [0, 0.05) is 22.4 Å². The molecule has 3 nitrogen and oxygen atoms in total. The molecule has 0 heterocycles. The van der Waals surface area contributed by atoms with Crippen LogP contribution in [-0.2, 0) is 27.2 Å². The van der Waals surface area contributed by atoms with E-state index < -0.39 is 12.1 Å². The van der Waals surface area contributed by atoms with E-state index in [0.717, 1.165) is 12.8 Å². The molecule has 22 heavy (non-hydrogen) atoms. The van der Waals surface area contributed by atoms with Crippen molar-refractivity contribution >= 4 is 5.97 Å². The number of hydrogen-bond acceptors (Lipinski definition) is 2. The fraction of sp³-hybridized carbons (Fsp3) is 0.944. The van der Waals surface area contributed by atoms with E-state index in [1.54, 1.807) is 0 Å².